The van der Waals surface area contributed by atoms with Crippen LogP contribution in [0, 0.1) is 0 Å². The molecule has 148 valence electrons. The number of benzene rings is 1. The van der Waals surface area contributed by atoms with Crippen molar-refractivity contribution in [2.75, 3.05) is 13.6 Å². The fourth-order valence-electron chi connectivity index (χ4n) is 4.08. The molecule has 5 nitrogen and oxygen atoms in total. The van der Waals surface area contributed by atoms with Gasteiger partial charge in [0, 0.05) is 19.8 Å². The lowest BCUT2D eigenvalue weighted by Gasteiger charge is -2.23. The average molecular weight is 391 g/mol. The summed E-state index contributed by atoms with van der Waals surface area (Å²) in [5.74, 6) is -0.149. The number of alkyl halides is 3. The number of hydrogen-bond donors (Lipinski definition) is 1. The van der Waals surface area contributed by atoms with Crippen molar-refractivity contribution in [2.24, 2.45) is 0 Å². The van der Waals surface area contributed by atoms with Crippen LogP contribution in [0.15, 0.2) is 42.6 Å². The molecule has 2 atom stereocenters. The van der Waals surface area contributed by atoms with Crippen LogP contribution in [0.4, 0.5) is 13.2 Å². The minimum atomic E-state index is -4.73. The van der Waals surface area contributed by atoms with Crippen molar-refractivity contribution in [3.8, 4) is 16.9 Å². The van der Waals surface area contributed by atoms with Gasteiger partial charge < -0.3 is 9.64 Å². The van der Waals surface area contributed by atoms with Crippen LogP contribution in [0.2, 0.25) is 0 Å². The van der Waals surface area contributed by atoms with Crippen LogP contribution in [0.1, 0.15) is 31.0 Å². The number of carbonyl (C=O) groups excluding carboxylic acids is 1. The number of pyridine rings is 1. The van der Waals surface area contributed by atoms with E-state index >= 15 is 0 Å². The van der Waals surface area contributed by atoms with Crippen molar-refractivity contribution in [3.05, 3.63) is 48.3 Å². The molecule has 8 heteroatoms. The highest BCUT2D eigenvalue weighted by molar-refractivity contribution is 5.88. The molecule has 2 aliphatic heterocycles. The summed E-state index contributed by atoms with van der Waals surface area (Å²) in [6.45, 7) is 0.734. The fraction of sp³-hybridized carbons (Fsp3) is 0.400. The highest BCUT2D eigenvalue weighted by Crippen LogP contribution is 2.39. The Hall–Kier alpha value is -2.61. The predicted molar refractivity (Wildman–Crippen MR) is 96.5 cm³/mol. The number of rotatable bonds is 3. The van der Waals surface area contributed by atoms with Gasteiger partial charge in [-0.1, -0.05) is 12.1 Å². The number of aromatic nitrogens is 1. The molecule has 0 bridgehead atoms. The van der Waals surface area contributed by atoms with Gasteiger partial charge in [0.15, 0.2) is 0 Å². The minimum absolute atomic E-state index is 0.0648. The van der Waals surface area contributed by atoms with Crippen LogP contribution in [-0.4, -0.2) is 41.3 Å². The van der Waals surface area contributed by atoms with Crippen LogP contribution in [-0.2, 0) is 4.79 Å². The van der Waals surface area contributed by atoms with Gasteiger partial charge in [0.25, 0.3) is 0 Å². The Morgan fingerprint density at radius 1 is 1.21 bits per heavy atom. The molecule has 1 aromatic carbocycles. The highest BCUT2D eigenvalue weighted by Gasteiger charge is 2.50. The van der Waals surface area contributed by atoms with Crippen LogP contribution in [0.3, 0.4) is 0 Å². The maximum Gasteiger partial charge on any atom is 0.573 e. The molecule has 2 aromatic rings. The fourth-order valence-corrected chi connectivity index (χ4v) is 4.08. The molecule has 1 spiro atoms. The molecule has 2 saturated heterocycles. The van der Waals surface area contributed by atoms with Gasteiger partial charge in [-0.05, 0) is 54.7 Å². The summed E-state index contributed by atoms with van der Waals surface area (Å²) < 4.78 is 41.4. The Morgan fingerprint density at radius 3 is 2.71 bits per heavy atom. The van der Waals surface area contributed by atoms with Gasteiger partial charge in [0.05, 0.1) is 11.7 Å². The molecule has 2 aliphatic rings. The average Bonchev–Trinajstić information content (AvgIpc) is 3.21. The van der Waals surface area contributed by atoms with Gasteiger partial charge in [0.2, 0.25) is 5.91 Å². The van der Waals surface area contributed by atoms with Crippen molar-refractivity contribution in [1.82, 2.24) is 15.2 Å². The van der Waals surface area contributed by atoms with Crippen LogP contribution >= 0.6 is 0 Å². The van der Waals surface area contributed by atoms with E-state index in [1.165, 1.54) is 18.2 Å². The molecule has 3 heterocycles. The lowest BCUT2D eigenvalue weighted by Crippen LogP contribution is -2.47. The number of likely N-dealkylation sites (N-methyl/N-ethyl adjacent to an activating group) is 1. The molecule has 2 fully saturated rings. The van der Waals surface area contributed by atoms with Crippen LogP contribution < -0.4 is 10.1 Å². The molecule has 0 unspecified atom stereocenters. The van der Waals surface area contributed by atoms with E-state index in [2.05, 4.69) is 15.0 Å². The highest BCUT2D eigenvalue weighted by atomic mass is 19.4. The number of halogens is 3. The zero-order chi connectivity index (χ0) is 19.9. The third kappa shape index (κ3) is 3.56. The Morgan fingerprint density at radius 2 is 2.00 bits per heavy atom. The van der Waals surface area contributed by atoms with E-state index in [1.54, 1.807) is 30.3 Å². The first kappa shape index (κ1) is 18.7. The number of amides is 1. The maximum absolute atomic E-state index is 12.5. The molecule has 1 N–H and O–H groups in total. The van der Waals surface area contributed by atoms with Gasteiger partial charge in [-0.3, -0.25) is 15.1 Å². The second-order valence-corrected chi connectivity index (χ2v) is 7.34. The zero-order valence-electron chi connectivity index (χ0n) is 15.3. The normalized spacial score (nSPS) is 24.9. The summed E-state index contributed by atoms with van der Waals surface area (Å²) in [6.07, 6.45) is -0.785. The van der Waals surface area contributed by atoms with E-state index in [9.17, 15) is 18.0 Å². The van der Waals surface area contributed by atoms with Crippen molar-refractivity contribution < 1.29 is 22.7 Å². The summed E-state index contributed by atoms with van der Waals surface area (Å²) in [7, 11) is 1.81. The number of hydrogen-bond acceptors (Lipinski definition) is 4. The van der Waals surface area contributed by atoms with Gasteiger partial charge in [-0.2, -0.15) is 0 Å². The summed E-state index contributed by atoms with van der Waals surface area (Å²) >= 11 is 0. The van der Waals surface area contributed by atoms with E-state index < -0.39 is 11.9 Å². The second kappa shape index (κ2) is 6.77. The molecule has 0 aliphatic carbocycles. The van der Waals surface area contributed by atoms with Crippen LogP contribution in [0.5, 0.6) is 5.75 Å². The molecular formula is C20H20F3N3O2. The van der Waals surface area contributed by atoms with Crippen molar-refractivity contribution in [3.63, 3.8) is 0 Å². The lowest BCUT2D eigenvalue weighted by atomic mass is 9.96. The van der Waals surface area contributed by atoms with Gasteiger partial charge >= 0.3 is 6.36 Å². The molecule has 0 saturated carbocycles. The van der Waals surface area contributed by atoms with Crippen molar-refractivity contribution in [2.45, 2.75) is 37.2 Å². The molecular weight excluding hydrogens is 371 g/mol. The first-order chi connectivity index (χ1) is 13.3. The third-order valence-corrected chi connectivity index (χ3v) is 5.48. The standard InChI is InChI=1S/C20H20F3N3O2/c1-26-10-8-19(18(26)27)7-5-16(25-19)17-12-14(6-9-24-17)13-3-2-4-15(11-13)28-20(21,22)23/h2-4,6,9,11-12,16,25H,5,7-8,10H2,1H3/t16-,19+/m1/s1. The number of carbonyl (C=O) groups is 1. The molecule has 28 heavy (non-hydrogen) atoms. The lowest BCUT2D eigenvalue weighted by molar-refractivity contribution is -0.274. The maximum atomic E-state index is 12.5. The van der Waals surface area contributed by atoms with Gasteiger partial charge in [-0.25, -0.2) is 0 Å². The molecule has 1 amide bonds. The third-order valence-electron chi connectivity index (χ3n) is 5.48. The quantitative estimate of drug-likeness (QED) is 0.868. The van der Waals surface area contributed by atoms with E-state index in [-0.39, 0.29) is 17.7 Å². The number of likely N-dealkylation sites (tertiary alicyclic amines) is 1. The Bertz CT molecular complexity index is 902. The number of nitrogens with one attached hydrogen (secondary N) is 1. The minimum Gasteiger partial charge on any atom is -0.406 e. The van der Waals surface area contributed by atoms with E-state index in [4.69, 9.17) is 0 Å². The van der Waals surface area contributed by atoms with Gasteiger partial charge in [0.1, 0.15) is 11.3 Å². The van der Waals surface area contributed by atoms with E-state index in [0.29, 0.717) is 5.56 Å². The van der Waals surface area contributed by atoms with Crippen LogP contribution in [0.25, 0.3) is 11.1 Å². The molecule has 1 aromatic heterocycles. The number of nitrogens with zero attached hydrogens (tertiary/aromatic N) is 2. The summed E-state index contributed by atoms with van der Waals surface area (Å²) in [6, 6.07) is 9.40. The second-order valence-electron chi connectivity index (χ2n) is 7.34. The first-order valence-corrected chi connectivity index (χ1v) is 9.11. The topological polar surface area (TPSA) is 54.5 Å². The smallest absolute Gasteiger partial charge is 0.406 e. The molecule has 4 rings (SSSR count). The summed E-state index contributed by atoms with van der Waals surface area (Å²) in [5, 5.41) is 3.46. The summed E-state index contributed by atoms with van der Waals surface area (Å²) in [5.41, 5.74) is 1.61. The Balaban J connectivity index is 1.56. The Kier molecular flexibility index (Phi) is 4.53. The SMILES string of the molecule is CN1CC[C@@]2(CC[C@H](c3cc(-c4cccc(OC(F)(F)F)c4)ccn3)N2)C1=O. The van der Waals surface area contributed by atoms with Gasteiger partial charge in [-0.15, -0.1) is 13.2 Å². The largest absolute Gasteiger partial charge is 0.573 e. The monoisotopic (exact) mass is 391 g/mol. The van der Waals surface area contributed by atoms with E-state index in [1.807, 2.05) is 6.07 Å². The first-order valence-electron chi connectivity index (χ1n) is 9.11. The van der Waals surface area contributed by atoms with Crippen molar-refractivity contribution >= 4 is 5.91 Å². The predicted octanol–water partition coefficient (Wildman–Crippen LogP) is 3.67. The summed E-state index contributed by atoms with van der Waals surface area (Å²) in [4.78, 5) is 18.7. The number of ether oxygens (including phenoxy) is 1. The Labute approximate surface area is 160 Å². The van der Waals surface area contributed by atoms with Crippen molar-refractivity contribution in [1.29, 1.82) is 0 Å². The zero-order valence-corrected chi connectivity index (χ0v) is 15.3. The molecule has 0 radical (unpaired) electrons. The van der Waals surface area contributed by atoms with E-state index in [0.717, 1.165) is 37.1 Å².